The van der Waals surface area contributed by atoms with Crippen molar-refractivity contribution >= 4 is 10.8 Å². The Morgan fingerprint density at radius 3 is 1.65 bits per heavy atom. The zero-order valence-corrected chi connectivity index (χ0v) is 31.2. The van der Waals surface area contributed by atoms with Crippen molar-refractivity contribution in [3.63, 3.8) is 0 Å². The topological polar surface area (TPSA) is 86.2 Å². The van der Waals surface area contributed by atoms with Gasteiger partial charge in [0.05, 0.1) is 23.3 Å². The molecule has 2 aliphatic rings. The van der Waals surface area contributed by atoms with Gasteiger partial charge in [0, 0.05) is 16.7 Å². The van der Waals surface area contributed by atoms with Crippen LogP contribution in [0.3, 0.4) is 0 Å². The molecule has 266 valence electrons. The van der Waals surface area contributed by atoms with Gasteiger partial charge in [-0.1, -0.05) is 86.6 Å². The minimum Gasteiger partial charge on any atom is -0.208 e. The molecule has 55 heavy (non-hydrogen) atoms. The van der Waals surface area contributed by atoms with Gasteiger partial charge in [0.2, 0.25) is 0 Å². The molecule has 2 aliphatic carbocycles. The Bertz CT molecular complexity index is 2610. The summed E-state index contributed by atoms with van der Waals surface area (Å²) < 4.78 is 0. The van der Waals surface area contributed by atoms with Gasteiger partial charge in [0.25, 0.3) is 0 Å². The molecule has 5 nitrogen and oxygen atoms in total. The molecule has 0 radical (unpaired) electrons. The monoisotopic (exact) mass is 711 g/mol. The number of nitrogens with zero attached hydrogens (tertiary/aromatic N) is 5. The van der Waals surface area contributed by atoms with Crippen molar-refractivity contribution in [1.29, 1.82) is 10.5 Å². The maximum absolute atomic E-state index is 9.64. The SMILES string of the molecule is C[C@@H]1C[C@@H]2C[C@H](C)CC(c3ccc(-c4cc(-c5ccc6ccc(C#N)cc6c5)cc(-c5nc(-c6ccccc6)nc(-c6ccc(C#N)cc6)n5)c4)cc3)(C1)C2. The third kappa shape index (κ3) is 6.80. The van der Waals surface area contributed by atoms with E-state index in [0.29, 0.717) is 28.6 Å². The van der Waals surface area contributed by atoms with Crippen LogP contribution in [-0.4, -0.2) is 15.0 Å². The van der Waals surface area contributed by atoms with Crippen LogP contribution in [0.15, 0.2) is 133 Å². The molecule has 1 aromatic heterocycles. The minimum absolute atomic E-state index is 0.263. The first-order chi connectivity index (χ1) is 26.8. The van der Waals surface area contributed by atoms with Gasteiger partial charge >= 0.3 is 0 Å². The van der Waals surface area contributed by atoms with E-state index in [1.165, 1.54) is 37.7 Å². The molecule has 7 aromatic rings. The summed E-state index contributed by atoms with van der Waals surface area (Å²) in [4.78, 5) is 15.1. The summed E-state index contributed by atoms with van der Waals surface area (Å²) in [5.74, 6) is 4.03. The number of benzene rings is 6. The molecule has 1 unspecified atom stereocenters. The summed E-state index contributed by atoms with van der Waals surface area (Å²) in [6.07, 6.45) is 6.57. The van der Waals surface area contributed by atoms with E-state index in [-0.39, 0.29) is 5.41 Å². The first-order valence-corrected chi connectivity index (χ1v) is 19.4. The summed E-state index contributed by atoms with van der Waals surface area (Å²) in [5.41, 5.74) is 9.85. The molecule has 0 amide bonds. The maximum Gasteiger partial charge on any atom is 0.164 e. The number of hydrogen-bond donors (Lipinski definition) is 0. The van der Waals surface area contributed by atoms with Crippen molar-refractivity contribution in [2.24, 2.45) is 17.8 Å². The molecule has 0 spiro atoms. The highest BCUT2D eigenvalue weighted by atomic mass is 15.0. The molecular formula is C50H41N5. The third-order valence-electron chi connectivity index (χ3n) is 11.9. The molecule has 5 heteroatoms. The molecule has 1 heterocycles. The third-order valence-corrected chi connectivity index (χ3v) is 11.9. The zero-order chi connectivity index (χ0) is 37.5. The lowest BCUT2D eigenvalue weighted by molar-refractivity contribution is 0.0780. The molecule has 2 bridgehead atoms. The second-order valence-corrected chi connectivity index (χ2v) is 16.1. The standard InChI is InChI=1S/C50H41N5/c1-32-20-36-21-33(2)28-50(27-32,29-36)46-18-16-38(17-19-46)43-24-44(41-15-14-37-11-10-35(31-52)22-42(37)23-41)26-45(25-43)49-54-47(39-6-4-3-5-7-39)53-48(55-49)40-12-8-34(30-51)9-13-40/h3-19,22-26,32-33,36H,20-21,27-29H2,1-2H3/t32-,33+,36-,50?. The van der Waals surface area contributed by atoms with Crippen LogP contribution in [-0.2, 0) is 5.41 Å². The normalized spacial score (nSPS) is 20.4. The Hall–Kier alpha value is -6.43. The molecule has 4 atom stereocenters. The van der Waals surface area contributed by atoms with E-state index in [4.69, 9.17) is 15.0 Å². The van der Waals surface area contributed by atoms with Crippen LogP contribution in [0.4, 0.5) is 0 Å². The fourth-order valence-corrected chi connectivity index (χ4v) is 9.70. The fraction of sp³-hybridized carbons (Fsp3) is 0.220. The second kappa shape index (κ2) is 14.1. The largest absolute Gasteiger partial charge is 0.208 e. The van der Waals surface area contributed by atoms with E-state index >= 15 is 0 Å². The van der Waals surface area contributed by atoms with Crippen molar-refractivity contribution in [2.45, 2.75) is 51.4 Å². The van der Waals surface area contributed by atoms with Crippen LogP contribution in [0.25, 0.3) is 67.2 Å². The van der Waals surface area contributed by atoms with Crippen molar-refractivity contribution in [1.82, 2.24) is 15.0 Å². The smallest absolute Gasteiger partial charge is 0.164 e. The van der Waals surface area contributed by atoms with Crippen LogP contribution in [0, 0.1) is 40.4 Å². The minimum atomic E-state index is 0.263. The van der Waals surface area contributed by atoms with Crippen molar-refractivity contribution in [3.05, 3.63) is 150 Å². The van der Waals surface area contributed by atoms with E-state index in [2.05, 4.69) is 86.6 Å². The highest BCUT2D eigenvalue weighted by Gasteiger charge is 2.45. The summed E-state index contributed by atoms with van der Waals surface area (Å²) in [6, 6.07) is 50.1. The summed E-state index contributed by atoms with van der Waals surface area (Å²) >= 11 is 0. The Morgan fingerprint density at radius 2 is 1.00 bits per heavy atom. The molecule has 9 rings (SSSR count). The number of hydrogen-bond acceptors (Lipinski definition) is 5. The fourth-order valence-electron chi connectivity index (χ4n) is 9.70. The Labute approximate surface area is 323 Å². The average molecular weight is 712 g/mol. The maximum atomic E-state index is 9.64. The van der Waals surface area contributed by atoms with Gasteiger partial charge < -0.3 is 0 Å². The van der Waals surface area contributed by atoms with Crippen LogP contribution < -0.4 is 0 Å². The lowest BCUT2D eigenvalue weighted by Gasteiger charge is -2.50. The number of rotatable bonds is 6. The first kappa shape index (κ1) is 34.3. The Morgan fingerprint density at radius 1 is 0.473 bits per heavy atom. The lowest BCUT2D eigenvalue weighted by atomic mass is 9.54. The van der Waals surface area contributed by atoms with Crippen LogP contribution in [0.2, 0.25) is 0 Å². The van der Waals surface area contributed by atoms with Gasteiger partial charge in [-0.3, -0.25) is 0 Å². The van der Waals surface area contributed by atoms with Crippen LogP contribution in [0.1, 0.15) is 62.6 Å². The summed E-state index contributed by atoms with van der Waals surface area (Å²) in [6.45, 7) is 4.90. The molecule has 0 N–H and O–H groups in total. The van der Waals surface area contributed by atoms with E-state index in [1.54, 1.807) is 12.1 Å². The quantitative estimate of drug-likeness (QED) is 0.171. The van der Waals surface area contributed by atoms with Gasteiger partial charge in [-0.15, -0.1) is 0 Å². The van der Waals surface area contributed by atoms with Crippen LogP contribution >= 0.6 is 0 Å². The van der Waals surface area contributed by atoms with Gasteiger partial charge in [-0.25, -0.2) is 15.0 Å². The molecule has 2 saturated carbocycles. The average Bonchev–Trinajstić information content (AvgIpc) is 3.22. The highest BCUT2D eigenvalue weighted by Crippen LogP contribution is 2.54. The van der Waals surface area contributed by atoms with Gasteiger partial charge in [-0.05, 0) is 155 Å². The molecule has 0 saturated heterocycles. The van der Waals surface area contributed by atoms with Gasteiger partial charge in [-0.2, -0.15) is 10.5 Å². The molecule has 6 aromatic carbocycles. The predicted octanol–water partition coefficient (Wildman–Crippen LogP) is 12.2. The molecule has 2 fully saturated rings. The van der Waals surface area contributed by atoms with Gasteiger partial charge in [0.15, 0.2) is 17.5 Å². The lowest BCUT2D eigenvalue weighted by Crippen LogP contribution is -2.42. The van der Waals surface area contributed by atoms with Crippen molar-refractivity contribution < 1.29 is 0 Å². The van der Waals surface area contributed by atoms with Crippen molar-refractivity contribution in [3.8, 4) is 68.6 Å². The number of fused-ring (bicyclic) bond motifs is 3. The predicted molar refractivity (Wildman–Crippen MR) is 221 cm³/mol. The summed E-state index contributed by atoms with van der Waals surface area (Å²) in [5, 5.41) is 21.2. The van der Waals surface area contributed by atoms with E-state index in [0.717, 1.165) is 67.5 Å². The van der Waals surface area contributed by atoms with E-state index in [9.17, 15) is 10.5 Å². The van der Waals surface area contributed by atoms with Gasteiger partial charge in [0.1, 0.15) is 0 Å². The Balaban J connectivity index is 1.20. The highest BCUT2D eigenvalue weighted by molar-refractivity contribution is 5.90. The molecular weight excluding hydrogens is 671 g/mol. The molecule has 0 aliphatic heterocycles. The van der Waals surface area contributed by atoms with E-state index < -0.39 is 0 Å². The number of aromatic nitrogens is 3. The van der Waals surface area contributed by atoms with Crippen molar-refractivity contribution in [2.75, 3.05) is 0 Å². The van der Waals surface area contributed by atoms with E-state index in [1.807, 2.05) is 60.7 Å². The Kier molecular flexibility index (Phi) is 8.80. The summed E-state index contributed by atoms with van der Waals surface area (Å²) in [7, 11) is 0. The second-order valence-electron chi connectivity index (χ2n) is 16.1. The number of nitriles is 2. The first-order valence-electron chi connectivity index (χ1n) is 19.4. The van der Waals surface area contributed by atoms with Crippen LogP contribution in [0.5, 0.6) is 0 Å². The zero-order valence-electron chi connectivity index (χ0n) is 31.2.